The molecule has 0 amide bonds. The summed E-state index contributed by atoms with van der Waals surface area (Å²) >= 11 is 1.51. The minimum atomic E-state index is 0.508. The molecule has 1 heterocycles. The summed E-state index contributed by atoms with van der Waals surface area (Å²) < 4.78 is 5.34. The number of ether oxygens (including phenoxy) is 1. The lowest BCUT2D eigenvalue weighted by atomic mass is 10.2. The summed E-state index contributed by atoms with van der Waals surface area (Å²) in [5.74, 6) is 1.28. The molecule has 1 aromatic heterocycles. The number of rotatable bonds is 5. The van der Waals surface area contributed by atoms with Gasteiger partial charge >= 0.3 is 0 Å². The first-order valence-corrected chi connectivity index (χ1v) is 8.24. The fourth-order valence-corrected chi connectivity index (χ4v) is 2.96. The second-order valence-corrected chi connectivity index (χ2v) is 6.24. The number of aromatic nitrogens is 2. The lowest BCUT2D eigenvalue weighted by Gasteiger charge is -2.13. The van der Waals surface area contributed by atoms with E-state index in [1.54, 1.807) is 7.11 Å². The van der Waals surface area contributed by atoms with Crippen LogP contribution in [0.4, 0.5) is 17.2 Å². The van der Waals surface area contributed by atoms with Crippen LogP contribution in [0.3, 0.4) is 0 Å². The molecule has 0 spiro atoms. The minimum Gasteiger partial charge on any atom is -0.495 e. The van der Waals surface area contributed by atoms with Crippen LogP contribution in [0.5, 0.6) is 5.75 Å². The molecule has 0 aliphatic heterocycles. The molecular formula is C18H18N4OS. The molecule has 122 valence electrons. The van der Waals surface area contributed by atoms with Gasteiger partial charge in [-0.05, 0) is 31.2 Å². The van der Waals surface area contributed by atoms with Crippen LogP contribution in [0.1, 0.15) is 5.56 Å². The molecule has 0 aliphatic carbocycles. The van der Waals surface area contributed by atoms with Crippen molar-refractivity contribution in [2.24, 2.45) is 0 Å². The molecule has 5 nitrogen and oxygen atoms in total. The largest absolute Gasteiger partial charge is 0.495 e. The number of anilines is 3. The zero-order chi connectivity index (χ0) is 16.9. The maximum atomic E-state index is 6.25. The van der Waals surface area contributed by atoms with Crippen LogP contribution in [0.15, 0.2) is 64.8 Å². The average Bonchev–Trinajstić information content (AvgIpc) is 2.61. The Morgan fingerprint density at radius 2 is 1.79 bits per heavy atom. The predicted molar refractivity (Wildman–Crippen MR) is 98.0 cm³/mol. The van der Waals surface area contributed by atoms with Gasteiger partial charge in [-0.1, -0.05) is 41.6 Å². The molecule has 3 aromatic rings. The smallest absolute Gasteiger partial charge is 0.158 e. The van der Waals surface area contributed by atoms with Crippen LogP contribution in [0, 0.1) is 6.92 Å². The maximum Gasteiger partial charge on any atom is 0.158 e. The lowest BCUT2D eigenvalue weighted by Crippen LogP contribution is -2.03. The number of aryl methyl sites for hydroxylation is 1. The summed E-state index contributed by atoms with van der Waals surface area (Å²) in [6.45, 7) is 2.06. The number of nitrogens with two attached hydrogens (primary N) is 1. The Labute approximate surface area is 145 Å². The Morgan fingerprint density at radius 1 is 1.04 bits per heavy atom. The number of para-hydroxylation sites is 2. The van der Waals surface area contributed by atoms with Crippen molar-refractivity contribution in [2.75, 3.05) is 18.2 Å². The molecule has 0 bridgehead atoms. The summed E-state index contributed by atoms with van der Waals surface area (Å²) in [6, 6.07) is 15.8. The van der Waals surface area contributed by atoms with Crippen LogP contribution in [-0.4, -0.2) is 17.1 Å². The maximum absolute atomic E-state index is 6.25. The minimum absolute atomic E-state index is 0.508. The molecular weight excluding hydrogens is 320 g/mol. The topological polar surface area (TPSA) is 73.1 Å². The second kappa shape index (κ2) is 7.23. The van der Waals surface area contributed by atoms with Gasteiger partial charge in [0.2, 0.25) is 0 Å². The molecule has 0 aliphatic rings. The quantitative estimate of drug-likeness (QED) is 0.677. The Morgan fingerprint density at radius 3 is 2.54 bits per heavy atom. The van der Waals surface area contributed by atoms with Crippen molar-refractivity contribution in [3.63, 3.8) is 0 Å². The molecule has 3 N–H and O–H groups in total. The van der Waals surface area contributed by atoms with E-state index < -0.39 is 0 Å². The summed E-state index contributed by atoms with van der Waals surface area (Å²) in [5, 5.41) is 3.93. The molecule has 0 atom stereocenters. The van der Waals surface area contributed by atoms with Gasteiger partial charge in [0.15, 0.2) is 5.82 Å². The summed E-state index contributed by atoms with van der Waals surface area (Å²) in [4.78, 5) is 9.62. The number of hydrogen-bond donors (Lipinski definition) is 2. The SMILES string of the molecule is COc1ccccc1Nc1ncnc(Sc2ccc(C)cc2)c1N. The Bertz CT molecular complexity index is 837. The Balaban J connectivity index is 1.86. The molecule has 0 radical (unpaired) electrons. The molecule has 6 heteroatoms. The third-order valence-electron chi connectivity index (χ3n) is 3.44. The normalized spacial score (nSPS) is 10.4. The van der Waals surface area contributed by atoms with Crippen molar-refractivity contribution < 1.29 is 4.74 Å². The third-order valence-corrected chi connectivity index (χ3v) is 4.47. The molecule has 3 rings (SSSR count). The van der Waals surface area contributed by atoms with Gasteiger partial charge in [0.05, 0.1) is 12.8 Å². The average molecular weight is 338 g/mol. The van der Waals surface area contributed by atoms with Crippen molar-refractivity contribution in [2.45, 2.75) is 16.8 Å². The Kier molecular flexibility index (Phi) is 4.86. The van der Waals surface area contributed by atoms with Crippen LogP contribution >= 0.6 is 11.8 Å². The van der Waals surface area contributed by atoms with Gasteiger partial charge in [0, 0.05) is 4.90 Å². The molecule has 24 heavy (non-hydrogen) atoms. The fourth-order valence-electron chi connectivity index (χ4n) is 2.15. The lowest BCUT2D eigenvalue weighted by molar-refractivity contribution is 0.417. The van der Waals surface area contributed by atoms with E-state index in [1.165, 1.54) is 23.7 Å². The van der Waals surface area contributed by atoms with Gasteiger partial charge in [0.25, 0.3) is 0 Å². The summed E-state index contributed by atoms with van der Waals surface area (Å²) in [6.07, 6.45) is 1.50. The standard InChI is InChI=1S/C18H18N4OS/c1-12-7-9-13(10-8-12)24-18-16(19)17(20-11-21-18)22-14-5-3-4-6-15(14)23-2/h3-11H,19H2,1-2H3,(H,20,21,22). The van der Waals surface area contributed by atoms with E-state index in [1.807, 2.05) is 24.3 Å². The van der Waals surface area contributed by atoms with Crippen molar-refractivity contribution in [1.29, 1.82) is 0 Å². The zero-order valence-corrected chi connectivity index (χ0v) is 14.3. The van der Waals surface area contributed by atoms with Crippen LogP contribution in [0.25, 0.3) is 0 Å². The van der Waals surface area contributed by atoms with Gasteiger partial charge in [-0.2, -0.15) is 0 Å². The van der Waals surface area contributed by atoms with Gasteiger partial charge in [-0.3, -0.25) is 0 Å². The number of hydrogen-bond acceptors (Lipinski definition) is 6. The van der Waals surface area contributed by atoms with E-state index in [4.69, 9.17) is 10.5 Å². The monoisotopic (exact) mass is 338 g/mol. The summed E-state index contributed by atoms with van der Waals surface area (Å²) in [5.41, 5.74) is 8.78. The van der Waals surface area contributed by atoms with E-state index in [9.17, 15) is 0 Å². The van der Waals surface area contributed by atoms with Crippen molar-refractivity contribution >= 4 is 29.0 Å². The molecule has 0 fully saturated rings. The second-order valence-electron chi connectivity index (χ2n) is 5.18. The van der Waals surface area contributed by atoms with Crippen molar-refractivity contribution in [3.05, 3.63) is 60.4 Å². The molecule has 0 saturated heterocycles. The number of benzene rings is 2. The Hall–Kier alpha value is -2.73. The first-order valence-electron chi connectivity index (χ1n) is 7.42. The first-order chi connectivity index (χ1) is 11.7. The highest BCUT2D eigenvalue weighted by Gasteiger charge is 2.11. The third kappa shape index (κ3) is 3.60. The van der Waals surface area contributed by atoms with E-state index in [-0.39, 0.29) is 0 Å². The molecule has 2 aromatic carbocycles. The van der Waals surface area contributed by atoms with E-state index in [2.05, 4.69) is 46.5 Å². The highest BCUT2D eigenvalue weighted by atomic mass is 32.2. The van der Waals surface area contributed by atoms with Gasteiger partial charge in [-0.25, -0.2) is 9.97 Å². The van der Waals surface area contributed by atoms with E-state index in [0.717, 1.165) is 16.3 Å². The first kappa shape index (κ1) is 16.1. The fraction of sp³-hybridized carbons (Fsp3) is 0.111. The van der Waals surface area contributed by atoms with Crippen LogP contribution in [-0.2, 0) is 0 Å². The number of nitrogens with one attached hydrogen (secondary N) is 1. The van der Waals surface area contributed by atoms with Crippen molar-refractivity contribution in [3.8, 4) is 5.75 Å². The zero-order valence-electron chi connectivity index (χ0n) is 13.5. The van der Waals surface area contributed by atoms with Gasteiger partial charge in [0.1, 0.15) is 22.8 Å². The van der Waals surface area contributed by atoms with Crippen molar-refractivity contribution in [1.82, 2.24) is 9.97 Å². The summed E-state index contributed by atoms with van der Waals surface area (Å²) in [7, 11) is 1.63. The molecule has 0 unspecified atom stereocenters. The van der Waals surface area contributed by atoms with E-state index in [0.29, 0.717) is 16.5 Å². The van der Waals surface area contributed by atoms with Crippen LogP contribution in [0.2, 0.25) is 0 Å². The van der Waals surface area contributed by atoms with E-state index >= 15 is 0 Å². The highest BCUT2D eigenvalue weighted by molar-refractivity contribution is 7.99. The predicted octanol–water partition coefficient (Wildman–Crippen LogP) is 4.27. The van der Waals surface area contributed by atoms with Crippen LogP contribution < -0.4 is 15.8 Å². The highest BCUT2D eigenvalue weighted by Crippen LogP contribution is 2.35. The number of methoxy groups -OCH3 is 1. The number of nitrogens with zero attached hydrogens (tertiary/aromatic N) is 2. The number of nitrogen functional groups attached to an aromatic ring is 1. The molecule has 0 saturated carbocycles. The van der Waals surface area contributed by atoms with Gasteiger partial charge < -0.3 is 15.8 Å². The van der Waals surface area contributed by atoms with Gasteiger partial charge in [-0.15, -0.1) is 0 Å².